The lowest BCUT2D eigenvalue weighted by molar-refractivity contribution is 0.0698. The predicted octanol–water partition coefficient (Wildman–Crippen LogP) is 2.00. The van der Waals surface area contributed by atoms with Crippen molar-refractivity contribution in [2.75, 3.05) is 5.75 Å². The lowest BCUT2D eigenvalue weighted by Crippen LogP contribution is -2.02. The van der Waals surface area contributed by atoms with Crippen LogP contribution in [0.4, 0.5) is 0 Å². The summed E-state index contributed by atoms with van der Waals surface area (Å²) in [6.07, 6.45) is 4.10. The Bertz CT molecular complexity index is 575. The molecule has 1 N–H and O–H groups in total. The number of carboxylic acids is 1. The van der Waals surface area contributed by atoms with Gasteiger partial charge in [-0.3, -0.25) is 4.40 Å². The Labute approximate surface area is 102 Å². The second kappa shape index (κ2) is 4.03. The molecule has 2 aromatic heterocycles. The first-order chi connectivity index (χ1) is 8.27. The minimum absolute atomic E-state index is 0.203. The third kappa shape index (κ3) is 1.68. The number of fused-ring (bicyclic) bond motifs is 1. The van der Waals surface area contributed by atoms with E-state index in [2.05, 4.69) is 10.2 Å². The number of thioether (sulfide) groups is 1. The molecule has 0 bridgehead atoms. The molecule has 1 aliphatic heterocycles. The number of rotatable bonds is 2. The first-order valence-electron chi connectivity index (χ1n) is 5.46. The van der Waals surface area contributed by atoms with Crippen LogP contribution in [-0.2, 0) is 0 Å². The van der Waals surface area contributed by atoms with E-state index in [1.54, 1.807) is 16.5 Å². The van der Waals surface area contributed by atoms with E-state index in [0.29, 0.717) is 10.9 Å². The minimum atomic E-state index is -0.964. The van der Waals surface area contributed by atoms with Crippen molar-refractivity contribution in [2.45, 2.75) is 18.1 Å². The molecule has 5 nitrogen and oxygen atoms in total. The van der Waals surface area contributed by atoms with Crippen LogP contribution in [0.2, 0.25) is 0 Å². The third-order valence-electron chi connectivity index (χ3n) is 2.91. The fourth-order valence-electron chi connectivity index (χ4n) is 2.10. The van der Waals surface area contributed by atoms with E-state index in [-0.39, 0.29) is 5.56 Å². The Morgan fingerprint density at radius 3 is 3.12 bits per heavy atom. The van der Waals surface area contributed by atoms with Crippen molar-refractivity contribution in [3.8, 4) is 0 Å². The molecule has 3 heterocycles. The maximum absolute atomic E-state index is 11.1. The SMILES string of the molecule is O=C(O)c1cccn2c(C3CCCS3)nnc12. The summed E-state index contributed by atoms with van der Waals surface area (Å²) >= 11 is 1.86. The topological polar surface area (TPSA) is 67.5 Å². The molecule has 0 spiro atoms. The number of carbonyl (C=O) groups is 1. The molecular formula is C11H11N3O2S. The molecule has 1 unspecified atom stereocenters. The van der Waals surface area contributed by atoms with Crippen LogP contribution >= 0.6 is 11.8 Å². The number of pyridine rings is 1. The molecule has 1 atom stereocenters. The second-order valence-electron chi connectivity index (χ2n) is 3.98. The normalized spacial score (nSPS) is 19.9. The molecule has 0 aliphatic carbocycles. The molecule has 17 heavy (non-hydrogen) atoms. The molecule has 0 amide bonds. The second-order valence-corrected chi connectivity index (χ2v) is 5.29. The molecule has 0 aromatic carbocycles. The Hall–Kier alpha value is -1.56. The fourth-order valence-corrected chi connectivity index (χ4v) is 3.36. The molecule has 3 rings (SSSR count). The van der Waals surface area contributed by atoms with Gasteiger partial charge in [-0.05, 0) is 30.7 Å². The number of aromatic carboxylic acids is 1. The van der Waals surface area contributed by atoms with Crippen molar-refractivity contribution in [1.29, 1.82) is 0 Å². The Kier molecular flexibility index (Phi) is 2.51. The molecule has 0 radical (unpaired) electrons. The zero-order valence-corrected chi connectivity index (χ0v) is 9.85. The number of nitrogens with zero attached hydrogens (tertiary/aromatic N) is 3. The smallest absolute Gasteiger partial charge is 0.339 e. The maximum Gasteiger partial charge on any atom is 0.339 e. The monoisotopic (exact) mass is 249 g/mol. The van der Waals surface area contributed by atoms with E-state index in [9.17, 15) is 4.79 Å². The van der Waals surface area contributed by atoms with Crippen molar-refractivity contribution in [1.82, 2.24) is 14.6 Å². The van der Waals surface area contributed by atoms with Gasteiger partial charge in [0.05, 0.1) is 5.25 Å². The van der Waals surface area contributed by atoms with Crippen molar-refractivity contribution >= 4 is 23.4 Å². The number of aromatic nitrogens is 3. The molecular weight excluding hydrogens is 238 g/mol. The average molecular weight is 249 g/mol. The summed E-state index contributed by atoms with van der Waals surface area (Å²) in [5.41, 5.74) is 0.636. The quantitative estimate of drug-likeness (QED) is 0.881. The van der Waals surface area contributed by atoms with Crippen LogP contribution in [0.5, 0.6) is 0 Å². The van der Waals surface area contributed by atoms with Crippen LogP contribution in [0.15, 0.2) is 18.3 Å². The summed E-state index contributed by atoms with van der Waals surface area (Å²) in [6, 6.07) is 3.28. The summed E-state index contributed by atoms with van der Waals surface area (Å²) in [6.45, 7) is 0. The fraction of sp³-hybridized carbons (Fsp3) is 0.364. The van der Waals surface area contributed by atoms with Gasteiger partial charge in [-0.25, -0.2) is 4.79 Å². The largest absolute Gasteiger partial charge is 0.478 e. The van der Waals surface area contributed by atoms with E-state index in [4.69, 9.17) is 5.11 Å². The van der Waals surface area contributed by atoms with Gasteiger partial charge >= 0.3 is 5.97 Å². The number of hydrogen-bond donors (Lipinski definition) is 1. The van der Waals surface area contributed by atoms with Crippen molar-refractivity contribution in [3.63, 3.8) is 0 Å². The highest BCUT2D eigenvalue weighted by Gasteiger charge is 2.24. The van der Waals surface area contributed by atoms with Gasteiger partial charge in [0.15, 0.2) is 11.5 Å². The first kappa shape index (κ1) is 10.6. The molecule has 1 saturated heterocycles. The van der Waals surface area contributed by atoms with Gasteiger partial charge in [0.2, 0.25) is 0 Å². The Morgan fingerprint density at radius 1 is 1.53 bits per heavy atom. The van der Waals surface area contributed by atoms with Crippen LogP contribution < -0.4 is 0 Å². The van der Waals surface area contributed by atoms with Gasteiger partial charge in [0.1, 0.15) is 5.56 Å². The van der Waals surface area contributed by atoms with Gasteiger partial charge in [-0.15, -0.1) is 10.2 Å². The lowest BCUT2D eigenvalue weighted by Gasteiger charge is -2.06. The maximum atomic E-state index is 11.1. The first-order valence-corrected chi connectivity index (χ1v) is 6.51. The minimum Gasteiger partial charge on any atom is -0.478 e. The third-order valence-corrected chi connectivity index (χ3v) is 4.28. The highest BCUT2D eigenvalue weighted by Crippen LogP contribution is 2.38. The standard InChI is InChI=1S/C11H11N3O2S/c15-11(16)7-3-1-5-14-9(7)12-13-10(14)8-4-2-6-17-8/h1,3,5,8H,2,4,6H2,(H,15,16). The average Bonchev–Trinajstić information content (AvgIpc) is 2.96. The summed E-state index contributed by atoms with van der Waals surface area (Å²) in [5.74, 6) is 1.04. The highest BCUT2D eigenvalue weighted by atomic mass is 32.2. The Balaban J connectivity index is 2.15. The molecule has 1 fully saturated rings. The van der Waals surface area contributed by atoms with Crippen molar-refractivity contribution < 1.29 is 9.90 Å². The van der Waals surface area contributed by atoms with E-state index in [1.165, 1.54) is 6.42 Å². The number of hydrogen-bond acceptors (Lipinski definition) is 4. The van der Waals surface area contributed by atoms with E-state index in [0.717, 1.165) is 18.0 Å². The molecule has 2 aromatic rings. The molecule has 6 heteroatoms. The van der Waals surface area contributed by atoms with Gasteiger partial charge < -0.3 is 5.11 Å². The van der Waals surface area contributed by atoms with Crippen molar-refractivity contribution in [2.24, 2.45) is 0 Å². The van der Waals surface area contributed by atoms with Crippen LogP contribution in [0.25, 0.3) is 5.65 Å². The van der Waals surface area contributed by atoms with Gasteiger partial charge in [-0.2, -0.15) is 11.8 Å². The molecule has 0 saturated carbocycles. The Morgan fingerprint density at radius 2 is 2.41 bits per heavy atom. The van der Waals surface area contributed by atoms with Crippen LogP contribution in [0, 0.1) is 0 Å². The van der Waals surface area contributed by atoms with E-state index >= 15 is 0 Å². The van der Waals surface area contributed by atoms with Crippen molar-refractivity contribution in [3.05, 3.63) is 29.7 Å². The van der Waals surface area contributed by atoms with Gasteiger partial charge in [-0.1, -0.05) is 0 Å². The summed E-state index contributed by atoms with van der Waals surface area (Å²) in [4.78, 5) is 11.1. The lowest BCUT2D eigenvalue weighted by atomic mass is 10.2. The molecule has 88 valence electrons. The van der Waals surface area contributed by atoms with Crippen LogP contribution in [0.3, 0.4) is 0 Å². The number of carboxylic acid groups (broad SMARTS) is 1. The van der Waals surface area contributed by atoms with Crippen LogP contribution in [0.1, 0.15) is 34.3 Å². The zero-order valence-electron chi connectivity index (χ0n) is 9.04. The summed E-state index contributed by atoms with van der Waals surface area (Å²) < 4.78 is 1.80. The zero-order chi connectivity index (χ0) is 11.8. The highest BCUT2D eigenvalue weighted by molar-refractivity contribution is 7.99. The van der Waals surface area contributed by atoms with E-state index < -0.39 is 5.97 Å². The van der Waals surface area contributed by atoms with Crippen LogP contribution in [-0.4, -0.2) is 31.4 Å². The summed E-state index contributed by atoms with van der Waals surface area (Å²) in [5, 5.41) is 17.6. The molecule has 1 aliphatic rings. The van der Waals surface area contributed by atoms with E-state index in [1.807, 2.05) is 18.0 Å². The van der Waals surface area contributed by atoms with Gasteiger partial charge in [0.25, 0.3) is 0 Å². The predicted molar refractivity (Wildman–Crippen MR) is 64.4 cm³/mol. The summed E-state index contributed by atoms with van der Waals surface area (Å²) in [7, 11) is 0. The van der Waals surface area contributed by atoms with Gasteiger partial charge in [0, 0.05) is 6.20 Å².